The lowest BCUT2D eigenvalue weighted by Crippen LogP contribution is -2.28. The van der Waals surface area contributed by atoms with E-state index < -0.39 is 5.41 Å². The highest BCUT2D eigenvalue weighted by Gasteiger charge is 2.53. The van der Waals surface area contributed by atoms with Crippen LogP contribution in [0.3, 0.4) is 0 Å². The number of aromatic nitrogens is 1. The number of carbonyl (C=O) groups is 1. The van der Waals surface area contributed by atoms with Gasteiger partial charge in [0.05, 0.1) is 11.1 Å². The molecule has 1 aliphatic heterocycles. The van der Waals surface area contributed by atoms with E-state index in [2.05, 4.69) is 10.5 Å². The van der Waals surface area contributed by atoms with Gasteiger partial charge >= 0.3 is 0 Å². The number of aryl methyl sites for hydroxylation is 1. The molecule has 2 heterocycles. The van der Waals surface area contributed by atoms with Gasteiger partial charge in [-0.05, 0) is 50.1 Å². The summed E-state index contributed by atoms with van der Waals surface area (Å²) in [4.78, 5) is 12.9. The van der Waals surface area contributed by atoms with Crippen molar-refractivity contribution in [3.8, 4) is 22.8 Å². The monoisotopic (exact) mass is 362 g/mol. The quantitative estimate of drug-likeness (QED) is 0.758. The second kappa shape index (κ2) is 5.87. The average Bonchev–Trinajstić information content (AvgIpc) is 3.13. The highest BCUT2D eigenvalue weighted by molar-refractivity contribution is 6.01. The molecule has 2 aromatic carbocycles. The maximum atomic E-state index is 12.9. The zero-order valence-electron chi connectivity index (χ0n) is 14.8. The zero-order valence-corrected chi connectivity index (χ0v) is 14.8. The molecular weight excluding hydrogens is 344 g/mol. The number of benzene rings is 2. The summed E-state index contributed by atoms with van der Waals surface area (Å²) in [5.41, 5.74) is 2.84. The molecule has 1 fully saturated rings. The van der Waals surface area contributed by atoms with Gasteiger partial charge in [0.1, 0.15) is 0 Å². The van der Waals surface area contributed by atoms with Gasteiger partial charge in [-0.1, -0.05) is 22.9 Å². The van der Waals surface area contributed by atoms with Crippen LogP contribution in [-0.2, 0) is 10.2 Å². The van der Waals surface area contributed by atoms with Gasteiger partial charge in [-0.2, -0.15) is 0 Å². The van der Waals surface area contributed by atoms with Gasteiger partial charge in [0.15, 0.2) is 17.3 Å². The van der Waals surface area contributed by atoms with Crippen LogP contribution in [0.1, 0.15) is 24.1 Å². The number of ether oxygens (including phenoxy) is 2. The van der Waals surface area contributed by atoms with Crippen molar-refractivity contribution in [2.45, 2.75) is 25.2 Å². The van der Waals surface area contributed by atoms with Gasteiger partial charge in [0, 0.05) is 17.3 Å². The standard InChI is InChI=1S/C21H18N2O4/c1-13-2-5-15(6-3-13)22-20(24)21(8-9-21)19-11-17(27-23-19)14-4-7-16-18(10-14)26-12-25-16/h2-7,10-11H,8-9,12H2,1H3,(H,22,24). The minimum absolute atomic E-state index is 0.0445. The number of rotatable bonds is 4. The number of hydrogen-bond donors (Lipinski definition) is 1. The minimum Gasteiger partial charge on any atom is -0.454 e. The topological polar surface area (TPSA) is 73.6 Å². The van der Waals surface area contributed by atoms with Gasteiger partial charge < -0.3 is 19.3 Å². The molecule has 5 rings (SSSR count). The second-order valence-corrected chi connectivity index (χ2v) is 7.05. The number of hydrogen-bond acceptors (Lipinski definition) is 5. The molecule has 0 unspecified atom stereocenters. The summed E-state index contributed by atoms with van der Waals surface area (Å²) in [5, 5.41) is 7.19. The van der Waals surface area contributed by atoms with Crippen LogP contribution in [0.4, 0.5) is 5.69 Å². The highest BCUT2D eigenvalue weighted by Crippen LogP contribution is 2.49. The van der Waals surface area contributed by atoms with Crippen LogP contribution in [0.25, 0.3) is 11.3 Å². The van der Waals surface area contributed by atoms with E-state index in [0.717, 1.165) is 35.4 Å². The molecule has 27 heavy (non-hydrogen) atoms. The number of anilines is 1. The van der Waals surface area contributed by atoms with Gasteiger partial charge in [0.25, 0.3) is 0 Å². The third kappa shape index (κ3) is 2.73. The van der Waals surface area contributed by atoms with Crippen LogP contribution in [-0.4, -0.2) is 17.9 Å². The van der Waals surface area contributed by atoms with Crippen LogP contribution in [0, 0.1) is 6.92 Å². The van der Waals surface area contributed by atoms with Gasteiger partial charge in [-0.3, -0.25) is 4.79 Å². The fraction of sp³-hybridized carbons (Fsp3) is 0.238. The Morgan fingerprint density at radius 3 is 2.59 bits per heavy atom. The van der Waals surface area contributed by atoms with Crippen LogP contribution >= 0.6 is 0 Å². The Kier molecular flexibility index (Phi) is 3.47. The number of carbonyl (C=O) groups excluding carboxylic acids is 1. The first-order valence-electron chi connectivity index (χ1n) is 8.89. The van der Waals surface area contributed by atoms with E-state index in [1.54, 1.807) is 0 Å². The molecule has 0 bridgehead atoms. The smallest absolute Gasteiger partial charge is 0.236 e. The first-order chi connectivity index (χ1) is 13.1. The molecule has 1 N–H and O–H groups in total. The molecule has 0 spiro atoms. The summed E-state index contributed by atoms with van der Waals surface area (Å²) in [6.45, 7) is 2.24. The predicted molar refractivity (Wildman–Crippen MR) is 98.8 cm³/mol. The van der Waals surface area contributed by atoms with Crippen LogP contribution in [0.2, 0.25) is 0 Å². The molecule has 1 saturated carbocycles. The third-order valence-corrected chi connectivity index (χ3v) is 5.15. The summed E-state index contributed by atoms with van der Waals surface area (Å²) in [6.07, 6.45) is 1.52. The van der Waals surface area contributed by atoms with E-state index in [1.165, 1.54) is 0 Å². The Balaban J connectivity index is 1.38. The maximum absolute atomic E-state index is 12.9. The van der Waals surface area contributed by atoms with Crippen LogP contribution in [0.5, 0.6) is 11.5 Å². The van der Waals surface area contributed by atoms with Crippen LogP contribution in [0.15, 0.2) is 53.1 Å². The lowest BCUT2D eigenvalue weighted by Gasteiger charge is -2.12. The molecule has 2 aliphatic rings. The lowest BCUT2D eigenvalue weighted by molar-refractivity contribution is -0.118. The molecule has 136 valence electrons. The Hall–Kier alpha value is -3.28. The molecule has 1 aromatic heterocycles. The van der Waals surface area contributed by atoms with Crippen molar-refractivity contribution < 1.29 is 18.8 Å². The van der Waals surface area contributed by atoms with E-state index >= 15 is 0 Å². The minimum atomic E-state index is -0.608. The molecular formula is C21H18N2O4. The van der Waals surface area contributed by atoms with Crippen molar-refractivity contribution in [1.29, 1.82) is 0 Å². The number of nitrogens with zero attached hydrogens (tertiary/aromatic N) is 1. The molecule has 3 aromatic rings. The second-order valence-electron chi connectivity index (χ2n) is 7.05. The fourth-order valence-corrected chi connectivity index (χ4v) is 3.30. The average molecular weight is 362 g/mol. The molecule has 0 atom stereocenters. The third-order valence-electron chi connectivity index (χ3n) is 5.15. The predicted octanol–water partition coefficient (Wildman–Crippen LogP) is 4.05. The van der Waals surface area contributed by atoms with Crippen molar-refractivity contribution in [1.82, 2.24) is 5.16 Å². The van der Waals surface area contributed by atoms with E-state index in [9.17, 15) is 4.79 Å². The van der Waals surface area contributed by atoms with E-state index in [-0.39, 0.29) is 12.7 Å². The van der Waals surface area contributed by atoms with Crippen molar-refractivity contribution >= 4 is 11.6 Å². The summed E-state index contributed by atoms with van der Waals surface area (Å²) in [5.74, 6) is 1.97. The van der Waals surface area contributed by atoms with Crippen molar-refractivity contribution in [2.24, 2.45) is 0 Å². The van der Waals surface area contributed by atoms with Gasteiger partial charge in [0.2, 0.25) is 12.7 Å². The van der Waals surface area contributed by atoms with E-state index in [0.29, 0.717) is 17.2 Å². The summed E-state index contributed by atoms with van der Waals surface area (Å²) >= 11 is 0. The molecule has 1 aliphatic carbocycles. The maximum Gasteiger partial charge on any atom is 0.236 e. The first kappa shape index (κ1) is 15.9. The van der Waals surface area contributed by atoms with Crippen molar-refractivity contribution in [3.05, 3.63) is 59.8 Å². The van der Waals surface area contributed by atoms with E-state index in [4.69, 9.17) is 14.0 Å². The Morgan fingerprint density at radius 1 is 1.04 bits per heavy atom. The van der Waals surface area contributed by atoms with Gasteiger partial charge in [-0.25, -0.2) is 0 Å². The van der Waals surface area contributed by atoms with E-state index in [1.807, 2.05) is 55.5 Å². The molecule has 0 saturated heterocycles. The Labute approximate surface area is 156 Å². The fourth-order valence-electron chi connectivity index (χ4n) is 3.30. The van der Waals surface area contributed by atoms with Crippen LogP contribution < -0.4 is 14.8 Å². The number of nitrogens with one attached hydrogen (secondary N) is 1. The summed E-state index contributed by atoms with van der Waals surface area (Å²) < 4.78 is 16.3. The number of fused-ring (bicyclic) bond motifs is 1. The normalized spacial score (nSPS) is 16.2. The lowest BCUT2D eigenvalue weighted by atomic mass is 10.00. The molecule has 6 heteroatoms. The SMILES string of the molecule is Cc1ccc(NC(=O)C2(c3cc(-c4ccc5c(c4)OCO5)on3)CC2)cc1. The first-order valence-corrected chi connectivity index (χ1v) is 8.89. The Morgan fingerprint density at radius 2 is 1.81 bits per heavy atom. The highest BCUT2D eigenvalue weighted by atomic mass is 16.7. The largest absolute Gasteiger partial charge is 0.454 e. The molecule has 1 amide bonds. The van der Waals surface area contributed by atoms with Crippen molar-refractivity contribution in [2.75, 3.05) is 12.1 Å². The molecule has 6 nitrogen and oxygen atoms in total. The number of amides is 1. The Bertz CT molecular complexity index is 1020. The summed E-state index contributed by atoms with van der Waals surface area (Å²) in [7, 11) is 0. The summed E-state index contributed by atoms with van der Waals surface area (Å²) in [6, 6.07) is 15.2. The van der Waals surface area contributed by atoms with Gasteiger partial charge in [-0.15, -0.1) is 0 Å². The molecule has 0 radical (unpaired) electrons. The zero-order chi connectivity index (χ0) is 18.4. The van der Waals surface area contributed by atoms with Crippen molar-refractivity contribution in [3.63, 3.8) is 0 Å².